The van der Waals surface area contributed by atoms with Gasteiger partial charge in [0, 0.05) is 40.3 Å². The van der Waals surface area contributed by atoms with Crippen LogP contribution in [0, 0.1) is 0 Å². The maximum Gasteiger partial charge on any atom is 0.345 e. The van der Waals surface area contributed by atoms with E-state index < -0.39 is 5.63 Å². The fourth-order valence-corrected chi connectivity index (χ4v) is 5.71. The van der Waals surface area contributed by atoms with Gasteiger partial charge in [-0.25, -0.2) is 4.79 Å². The Morgan fingerprint density at radius 1 is 0.821 bits per heavy atom. The second kappa shape index (κ2) is 8.77. The van der Waals surface area contributed by atoms with Gasteiger partial charge in [-0.1, -0.05) is 60.7 Å². The van der Waals surface area contributed by atoms with E-state index in [1.165, 1.54) is 4.90 Å². The monoisotopic (exact) mass is 513 g/mol. The van der Waals surface area contributed by atoms with Gasteiger partial charge in [0.1, 0.15) is 5.58 Å². The molecule has 2 amide bonds. The van der Waals surface area contributed by atoms with Crippen molar-refractivity contribution in [3.05, 3.63) is 124 Å². The lowest BCUT2D eigenvalue weighted by molar-refractivity contribution is 0.0619. The molecule has 0 bridgehead atoms. The van der Waals surface area contributed by atoms with Crippen LogP contribution in [-0.4, -0.2) is 29.0 Å². The molecule has 5 aromatic rings. The lowest BCUT2D eigenvalue weighted by Crippen LogP contribution is -2.40. The van der Waals surface area contributed by atoms with E-state index in [4.69, 9.17) is 9.52 Å². The molecule has 1 unspecified atom stereocenters. The summed E-state index contributed by atoms with van der Waals surface area (Å²) in [6.07, 6.45) is 0.484. The third-order valence-electron chi connectivity index (χ3n) is 7.58. The Kier molecular flexibility index (Phi) is 5.20. The molecule has 2 aliphatic rings. The Hall–Kier alpha value is -5.04. The molecular formula is C32H23N3O4. The van der Waals surface area contributed by atoms with Crippen molar-refractivity contribution in [1.82, 2.24) is 4.90 Å². The minimum atomic E-state index is -0.436. The van der Waals surface area contributed by atoms with Gasteiger partial charge in [-0.2, -0.15) is 5.10 Å². The van der Waals surface area contributed by atoms with Crippen LogP contribution >= 0.6 is 0 Å². The molecule has 0 saturated heterocycles. The fourth-order valence-electron chi connectivity index (χ4n) is 5.71. The molecule has 0 radical (unpaired) electrons. The molecule has 2 aliphatic heterocycles. The van der Waals surface area contributed by atoms with E-state index in [9.17, 15) is 14.4 Å². The number of hydrogen-bond acceptors (Lipinski definition) is 6. The zero-order valence-electron chi connectivity index (χ0n) is 21.1. The molecule has 190 valence electrons. The first-order valence-corrected chi connectivity index (χ1v) is 12.9. The summed E-state index contributed by atoms with van der Waals surface area (Å²) >= 11 is 0. The van der Waals surface area contributed by atoms with Crippen LogP contribution in [0.4, 0.5) is 5.69 Å². The van der Waals surface area contributed by atoms with Crippen LogP contribution in [0.2, 0.25) is 0 Å². The number of hydrogen-bond donors (Lipinski definition) is 0. The lowest BCUT2D eigenvalue weighted by atomic mass is 9.92. The van der Waals surface area contributed by atoms with Crippen LogP contribution in [0.25, 0.3) is 21.7 Å². The minimum absolute atomic E-state index is 0.203. The number of carbonyl (C=O) groups excluding carboxylic acids is 2. The molecule has 1 atom stereocenters. The van der Waals surface area contributed by atoms with Gasteiger partial charge >= 0.3 is 5.63 Å². The van der Waals surface area contributed by atoms with E-state index in [0.717, 1.165) is 22.0 Å². The van der Waals surface area contributed by atoms with Crippen molar-refractivity contribution < 1.29 is 14.0 Å². The van der Waals surface area contributed by atoms with Gasteiger partial charge in [0.15, 0.2) is 0 Å². The number of carbonyl (C=O) groups is 2. The summed E-state index contributed by atoms with van der Waals surface area (Å²) in [7, 11) is 0. The maximum absolute atomic E-state index is 13.2. The molecule has 1 aromatic heterocycles. The van der Waals surface area contributed by atoms with Crippen molar-refractivity contribution in [3.63, 3.8) is 0 Å². The molecule has 7 nitrogen and oxygen atoms in total. The number of imide groups is 1. The average Bonchev–Trinajstić information content (AvgIpc) is 3.41. The van der Waals surface area contributed by atoms with Crippen molar-refractivity contribution in [2.45, 2.75) is 19.4 Å². The third-order valence-corrected chi connectivity index (χ3v) is 7.58. The normalized spacial score (nSPS) is 16.8. The van der Waals surface area contributed by atoms with E-state index in [2.05, 4.69) is 0 Å². The topological polar surface area (TPSA) is 83.2 Å². The van der Waals surface area contributed by atoms with E-state index in [0.29, 0.717) is 46.3 Å². The number of fused-ring (bicyclic) bond motifs is 1. The van der Waals surface area contributed by atoms with Crippen LogP contribution in [0.3, 0.4) is 0 Å². The van der Waals surface area contributed by atoms with Crippen molar-refractivity contribution in [3.8, 4) is 0 Å². The number of benzene rings is 4. The van der Waals surface area contributed by atoms with Gasteiger partial charge in [0.05, 0.1) is 23.0 Å². The molecule has 0 saturated carbocycles. The zero-order valence-corrected chi connectivity index (χ0v) is 21.1. The minimum Gasteiger partial charge on any atom is -0.422 e. The Morgan fingerprint density at radius 2 is 1.56 bits per heavy atom. The summed E-state index contributed by atoms with van der Waals surface area (Å²) in [6, 6.07) is 28.2. The Bertz CT molecular complexity index is 1890. The fraction of sp³-hybridized carbons (Fsp3) is 0.125. The molecule has 7 rings (SSSR count). The predicted octanol–water partition coefficient (Wildman–Crippen LogP) is 5.92. The van der Waals surface area contributed by atoms with Crippen molar-refractivity contribution in [2.75, 3.05) is 11.6 Å². The van der Waals surface area contributed by atoms with E-state index in [1.807, 2.05) is 77.8 Å². The van der Waals surface area contributed by atoms with E-state index in [-0.39, 0.29) is 17.9 Å². The molecule has 0 N–H and O–H groups in total. The van der Waals surface area contributed by atoms with Gasteiger partial charge < -0.3 is 4.42 Å². The SMILES string of the molecule is CCN1C(=O)c2cccc3c(N4N=C(c5cc6ccccc6oc5=O)CC4c4ccccc4)ccc(c23)C1=O. The van der Waals surface area contributed by atoms with Gasteiger partial charge in [-0.05, 0) is 42.8 Å². The quantitative estimate of drug-likeness (QED) is 0.220. The lowest BCUT2D eigenvalue weighted by Gasteiger charge is -2.29. The number of hydrazone groups is 1. The summed E-state index contributed by atoms with van der Waals surface area (Å²) in [6.45, 7) is 2.10. The summed E-state index contributed by atoms with van der Waals surface area (Å²) in [5.74, 6) is -0.589. The van der Waals surface area contributed by atoms with E-state index >= 15 is 0 Å². The highest BCUT2D eigenvalue weighted by atomic mass is 16.4. The molecule has 4 aromatic carbocycles. The molecule has 0 aliphatic carbocycles. The molecule has 7 heteroatoms. The molecule has 39 heavy (non-hydrogen) atoms. The first-order valence-electron chi connectivity index (χ1n) is 12.9. The summed E-state index contributed by atoms with van der Waals surface area (Å²) in [5.41, 5.74) is 3.92. The number of amides is 2. The summed E-state index contributed by atoms with van der Waals surface area (Å²) in [4.78, 5) is 40.6. The van der Waals surface area contributed by atoms with Gasteiger partial charge in [0.25, 0.3) is 11.8 Å². The summed E-state index contributed by atoms with van der Waals surface area (Å²) in [5, 5.41) is 9.11. The smallest absolute Gasteiger partial charge is 0.345 e. The number of para-hydroxylation sites is 1. The number of rotatable bonds is 4. The first-order chi connectivity index (χ1) is 19.0. The first kappa shape index (κ1) is 23.1. The van der Waals surface area contributed by atoms with Crippen molar-refractivity contribution >= 4 is 45.0 Å². The van der Waals surface area contributed by atoms with Gasteiger partial charge in [0.2, 0.25) is 0 Å². The number of anilines is 1. The average molecular weight is 514 g/mol. The van der Waals surface area contributed by atoms with Crippen LogP contribution in [-0.2, 0) is 0 Å². The maximum atomic E-state index is 13.2. The van der Waals surface area contributed by atoms with Crippen molar-refractivity contribution in [1.29, 1.82) is 0 Å². The van der Waals surface area contributed by atoms with Crippen LogP contribution < -0.4 is 10.6 Å². The summed E-state index contributed by atoms with van der Waals surface area (Å²) < 4.78 is 5.62. The van der Waals surface area contributed by atoms with E-state index in [1.54, 1.807) is 25.1 Å². The standard InChI is InChI=1S/C32H23N3O4/c1-2-34-30(36)22-13-8-12-21-26(16-15-23(29(21)22)31(34)37)35-27(19-9-4-3-5-10-19)18-25(33-35)24-17-20-11-6-7-14-28(20)39-32(24)38/h3-17,27H,2,18H2,1H3. The largest absolute Gasteiger partial charge is 0.422 e. The van der Waals surface area contributed by atoms with Crippen LogP contribution in [0.5, 0.6) is 0 Å². The molecule has 3 heterocycles. The Labute approximate surface area is 223 Å². The third kappa shape index (κ3) is 3.50. The van der Waals surface area contributed by atoms with Gasteiger partial charge in [-0.15, -0.1) is 0 Å². The molecular weight excluding hydrogens is 490 g/mol. The van der Waals surface area contributed by atoms with Crippen LogP contribution in [0.15, 0.2) is 105 Å². The zero-order chi connectivity index (χ0) is 26.7. The molecule has 0 fully saturated rings. The van der Waals surface area contributed by atoms with Crippen molar-refractivity contribution in [2.24, 2.45) is 5.10 Å². The highest BCUT2D eigenvalue weighted by Crippen LogP contribution is 2.42. The van der Waals surface area contributed by atoms with Gasteiger partial charge in [-0.3, -0.25) is 19.5 Å². The Morgan fingerprint density at radius 3 is 2.36 bits per heavy atom. The predicted molar refractivity (Wildman–Crippen MR) is 150 cm³/mol. The Balaban J connectivity index is 1.43. The molecule has 0 spiro atoms. The second-order valence-corrected chi connectivity index (χ2v) is 9.72. The highest BCUT2D eigenvalue weighted by molar-refractivity contribution is 6.27. The second-order valence-electron chi connectivity index (χ2n) is 9.72. The highest BCUT2D eigenvalue weighted by Gasteiger charge is 2.36. The van der Waals surface area contributed by atoms with Crippen LogP contribution in [0.1, 0.15) is 51.2 Å². The number of nitrogens with zero attached hydrogens (tertiary/aromatic N) is 3.